The average molecular weight is 322 g/mol. The molecule has 0 aliphatic heterocycles. The predicted molar refractivity (Wildman–Crippen MR) is 78.6 cm³/mol. The number of phenolic OH excluding ortho intramolecular Hbond substituents is 1. The first-order chi connectivity index (χ1) is 10.8. The van der Waals surface area contributed by atoms with Crippen molar-refractivity contribution in [3.63, 3.8) is 0 Å². The minimum absolute atomic E-state index is 0.0935. The van der Waals surface area contributed by atoms with Crippen molar-refractivity contribution in [3.8, 4) is 17.2 Å². The van der Waals surface area contributed by atoms with E-state index in [2.05, 4.69) is 0 Å². The fourth-order valence-corrected chi connectivity index (χ4v) is 1.63. The van der Waals surface area contributed by atoms with Gasteiger partial charge in [0.2, 0.25) is 5.75 Å². The van der Waals surface area contributed by atoms with E-state index in [9.17, 15) is 19.5 Å². The van der Waals surface area contributed by atoms with Crippen LogP contribution in [0.5, 0.6) is 17.2 Å². The summed E-state index contributed by atoms with van der Waals surface area (Å²) in [7, 11) is 2.65. The summed E-state index contributed by atoms with van der Waals surface area (Å²) in [5.41, 5.74) is -0.503. The van der Waals surface area contributed by atoms with Crippen molar-refractivity contribution >= 4 is 23.8 Å². The number of carbonyl (C=O) groups excluding carboxylic acids is 1. The van der Waals surface area contributed by atoms with Gasteiger partial charge in [0, 0.05) is 6.08 Å². The lowest BCUT2D eigenvalue weighted by atomic mass is 10.1. The van der Waals surface area contributed by atoms with Crippen LogP contribution in [0.1, 0.15) is 5.56 Å². The molecule has 3 N–H and O–H groups in total. The normalized spacial score (nSPS) is 11.3. The molecule has 0 amide bonds. The number of rotatable bonds is 7. The van der Waals surface area contributed by atoms with E-state index in [1.807, 2.05) is 0 Å². The van der Waals surface area contributed by atoms with Crippen molar-refractivity contribution in [2.24, 2.45) is 0 Å². The Kier molecular flexibility index (Phi) is 5.90. The Bertz CT molecular complexity index is 674. The monoisotopic (exact) mass is 322 g/mol. The molecule has 0 saturated carbocycles. The van der Waals surface area contributed by atoms with Crippen LogP contribution >= 0.6 is 0 Å². The zero-order valence-electron chi connectivity index (χ0n) is 12.3. The molecule has 1 aromatic rings. The summed E-state index contributed by atoms with van der Waals surface area (Å²) in [6, 6.07) is 2.78. The quantitative estimate of drug-likeness (QED) is 0.386. The predicted octanol–water partition coefficient (Wildman–Crippen LogP) is 1.09. The van der Waals surface area contributed by atoms with Gasteiger partial charge in [-0.15, -0.1) is 0 Å². The maximum atomic E-state index is 11.8. The highest BCUT2D eigenvalue weighted by molar-refractivity contribution is 6.24. The van der Waals surface area contributed by atoms with Gasteiger partial charge in [-0.25, -0.2) is 9.59 Å². The summed E-state index contributed by atoms with van der Waals surface area (Å²) in [6.45, 7) is 0. The minimum atomic E-state index is -1.65. The molecule has 0 aliphatic rings. The molecule has 1 rings (SSSR count). The van der Waals surface area contributed by atoms with E-state index in [4.69, 9.17) is 19.7 Å². The molecule has 0 aromatic heterocycles. The number of hydrogen-bond acceptors (Lipinski definition) is 6. The van der Waals surface area contributed by atoms with Crippen molar-refractivity contribution in [1.82, 2.24) is 0 Å². The van der Waals surface area contributed by atoms with Gasteiger partial charge in [-0.3, -0.25) is 4.79 Å². The maximum absolute atomic E-state index is 11.8. The molecule has 0 radical (unpaired) electrons. The second kappa shape index (κ2) is 7.64. The lowest BCUT2D eigenvalue weighted by Gasteiger charge is -2.09. The van der Waals surface area contributed by atoms with Gasteiger partial charge in [0.1, 0.15) is 5.57 Å². The Morgan fingerprint density at radius 3 is 1.96 bits per heavy atom. The third-order valence-electron chi connectivity index (χ3n) is 2.69. The fourth-order valence-electron chi connectivity index (χ4n) is 1.63. The van der Waals surface area contributed by atoms with Crippen LogP contribution in [-0.4, -0.2) is 47.3 Å². The largest absolute Gasteiger partial charge is 0.502 e. The molecule has 0 heterocycles. The van der Waals surface area contributed by atoms with E-state index in [0.29, 0.717) is 11.6 Å². The second-order valence-corrected chi connectivity index (χ2v) is 4.17. The number of allylic oxidation sites excluding steroid dienone is 1. The molecule has 8 heteroatoms. The summed E-state index contributed by atoms with van der Waals surface area (Å²) in [4.78, 5) is 33.2. The van der Waals surface area contributed by atoms with Crippen LogP contribution in [0.15, 0.2) is 29.9 Å². The number of carbonyl (C=O) groups is 3. The van der Waals surface area contributed by atoms with Crippen LogP contribution < -0.4 is 9.47 Å². The van der Waals surface area contributed by atoms with Gasteiger partial charge in [0.05, 0.1) is 14.2 Å². The number of aliphatic carboxylic acids is 2. The average Bonchev–Trinajstić information content (AvgIpc) is 2.50. The molecule has 0 bridgehead atoms. The summed E-state index contributed by atoms with van der Waals surface area (Å²) >= 11 is 0. The molecule has 0 aliphatic carbocycles. The smallest absolute Gasteiger partial charge is 0.339 e. The number of phenols is 1. The number of ketones is 1. The van der Waals surface area contributed by atoms with Gasteiger partial charge < -0.3 is 24.8 Å². The van der Waals surface area contributed by atoms with Crippen LogP contribution in [0, 0.1) is 0 Å². The van der Waals surface area contributed by atoms with Crippen molar-refractivity contribution < 1.29 is 39.2 Å². The molecule has 0 unspecified atom stereocenters. The van der Waals surface area contributed by atoms with E-state index in [-0.39, 0.29) is 17.2 Å². The number of carboxylic acids is 2. The molecule has 23 heavy (non-hydrogen) atoms. The fraction of sp³-hybridized carbons (Fsp3) is 0.133. The van der Waals surface area contributed by atoms with Crippen LogP contribution in [0.25, 0.3) is 6.08 Å². The van der Waals surface area contributed by atoms with Crippen LogP contribution in [0.4, 0.5) is 0 Å². The summed E-state index contributed by atoms with van der Waals surface area (Å²) in [5.74, 6) is -4.23. The van der Waals surface area contributed by atoms with Gasteiger partial charge >= 0.3 is 11.9 Å². The first-order valence-electron chi connectivity index (χ1n) is 6.15. The first-order valence-corrected chi connectivity index (χ1v) is 6.15. The van der Waals surface area contributed by atoms with Crippen molar-refractivity contribution in [3.05, 3.63) is 35.4 Å². The molecule has 0 spiro atoms. The number of carboxylic acid groups (broad SMARTS) is 2. The Morgan fingerprint density at radius 2 is 1.57 bits per heavy atom. The van der Waals surface area contributed by atoms with Crippen LogP contribution in [0.2, 0.25) is 0 Å². The second-order valence-electron chi connectivity index (χ2n) is 4.17. The summed E-state index contributed by atoms with van der Waals surface area (Å²) in [5, 5.41) is 27.1. The van der Waals surface area contributed by atoms with Gasteiger partial charge in [-0.1, -0.05) is 6.08 Å². The number of methoxy groups -OCH3 is 2. The minimum Gasteiger partial charge on any atom is -0.502 e. The Hall–Kier alpha value is -3.29. The van der Waals surface area contributed by atoms with Gasteiger partial charge in [0.15, 0.2) is 17.3 Å². The number of ether oxygens (including phenoxy) is 2. The zero-order valence-corrected chi connectivity index (χ0v) is 12.3. The highest BCUT2D eigenvalue weighted by Gasteiger charge is 2.16. The lowest BCUT2D eigenvalue weighted by Crippen LogP contribution is -2.12. The van der Waals surface area contributed by atoms with Crippen LogP contribution in [0.3, 0.4) is 0 Å². The molecular formula is C15H14O8. The molecular weight excluding hydrogens is 308 g/mol. The third-order valence-corrected chi connectivity index (χ3v) is 2.69. The van der Waals surface area contributed by atoms with Gasteiger partial charge in [0.25, 0.3) is 0 Å². The summed E-state index contributed by atoms with van der Waals surface area (Å²) < 4.78 is 9.88. The van der Waals surface area contributed by atoms with Crippen molar-refractivity contribution in [2.45, 2.75) is 0 Å². The Labute approximate surface area is 130 Å². The topological polar surface area (TPSA) is 130 Å². The number of benzene rings is 1. The maximum Gasteiger partial charge on any atom is 0.339 e. The molecule has 8 nitrogen and oxygen atoms in total. The lowest BCUT2D eigenvalue weighted by molar-refractivity contribution is -0.136. The van der Waals surface area contributed by atoms with Gasteiger partial charge in [-0.2, -0.15) is 0 Å². The van der Waals surface area contributed by atoms with E-state index in [1.165, 1.54) is 32.4 Å². The Morgan fingerprint density at radius 1 is 1.04 bits per heavy atom. The number of aromatic hydroxyl groups is 1. The van der Waals surface area contributed by atoms with Crippen LogP contribution in [-0.2, 0) is 14.4 Å². The molecule has 122 valence electrons. The standard InChI is InChI=1S/C15H14O8/c1-22-11-5-8(6-12(23-2)14(11)19)3-4-10(16)9(15(20)21)7-13(17)18/h3-7,19H,1-2H3,(H,17,18)(H,20,21)/b4-3?,9-7-. The first kappa shape index (κ1) is 17.8. The van der Waals surface area contributed by atoms with E-state index >= 15 is 0 Å². The molecule has 0 saturated heterocycles. The van der Waals surface area contributed by atoms with E-state index in [1.54, 1.807) is 0 Å². The molecule has 0 fully saturated rings. The number of hydrogen-bond donors (Lipinski definition) is 3. The zero-order chi connectivity index (χ0) is 17.6. The van der Waals surface area contributed by atoms with E-state index < -0.39 is 23.3 Å². The molecule has 0 atom stereocenters. The van der Waals surface area contributed by atoms with Crippen molar-refractivity contribution in [1.29, 1.82) is 0 Å². The molecule has 1 aromatic carbocycles. The van der Waals surface area contributed by atoms with E-state index in [0.717, 1.165) is 6.08 Å². The van der Waals surface area contributed by atoms with Crippen molar-refractivity contribution in [2.75, 3.05) is 14.2 Å². The Balaban J connectivity index is 3.16. The van der Waals surface area contributed by atoms with Gasteiger partial charge in [-0.05, 0) is 23.8 Å². The highest BCUT2D eigenvalue weighted by atomic mass is 16.5. The third kappa shape index (κ3) is 4.60. The SMILES string of the molecule is COc1cc(C=CC(=O)/C(=C/C(=O)O)C(=O)O)cc(OC)c1O. The highest BCUT2D eigenvalue weighted by Crippen LogP contribution is 2.37. The summed E-state index contributed by atoms with van der Waals surface area (Å²) in [6.07, 6.45) is 2.45.